The summed E-state index contributed by atoms with van der Waals surface area (Å²) >= 11 is 6.09. The smallest absolute Gasteiger partial charge is 0.0438 e. The lowest BCUT2D eigenvalue weighted by Crippen LogP contribution is -2.15. The summed E-state index contributed by atoms with van der Waals surface area (Å²) in [4.78, 5) is 4.28. The van der Waals surface area contributed by atoms with Crippen molar-refractivity contribution in [1.29, 1.82) is 0 Å². The molecular weight excluding hydrogens is 232 g/mol. The second kappa shape index (κ2) is 5.30. The molecule has 2 rings (SSSR count). The molecule has 88 valence electrons. The van der Waals surface area contributed by atoms with Gasteiger partial charge in [-0.2, -0.15) is 0 Å². The second-order valence-corrected chi connectivity index (χ2v) is 4.49. The Morgan fingerprint density at radius 2 is 2.06 bits per heavy atom. The number of aromatic nitrogens is 1. The lowest BCUT2D eigenvalue weighted by atomic mass is 9.98. The van der Waals surface area contributed by atoms with Gasteiger partial charge in [-0.1, -0.05) is 29.8 Å². The molecule has 0 aliphatic heterocycles. The van der Waals surface area contributed by atoms with E-state index in [-0.39, 0.29) is 6.04 Å². The summed E-state index contributed by atoms with van der Waals surface area (Å²) in [5.74, 6) is 0. The molecular formula is C14H15ClN2. The highest BCUT2D eigenvalue weighted by Crippen LogP contribution is 2.24. The fourth-order valence-electron chi connectivity index (χ4n) is 1.88. The van der Waals surface area contributed by atoms with Crippen molar-refractivity contribution in [1.82, 2.24) is 4.98 Å². The minimum atomic E-state index is -0.0661. The van der Waals surface area contributed by atoms with Crippen molar-refractivity contribution in [2.75, 3.05) is 0 Å². The number of nitrogens with zero attached hydrogens (tertiary/aromatic N) is 1. The molecule has 0 fully saturated rings. The van der Waals surface area contributed by atoms with E-state index in [0.717, 1.165) is 28.3 Å². The number of halogens is 1. The monoisotopic (exact) mass is 246 g/mol. The van der Waals surface area contributed by atoms with Crippen LogP contribution >= 0.6 is 11.6 Å². The molecule has 0 saturated heterocycles. The third kappa shape index (κ3) is 2.84. The van der Waals surface area contributed by atoms with Gasteiger partial charge < -0.3 is 5.73 Å². The van der Waals surface area contributed by atoms with Gasteiger partial charge in [-0.25, -0.2) is 0 Å². The molecule has 0 aliphatic carbocycles. The van der Waals surface area contributed by atoms with Gasteiger partial charge >= 0.3 is 0 Å². The Bertz CT molecular complexity index is 497. The van der Waals surface area contributed by atoms with Gasteiger partial charge in [0.1, 0.15) is 0 Å². The Morgan fingerprint density at radius 3 is 2.76 bits per heavy atom. The van der Waals surface area contributed by atoms with Crippen molar-refractivity contribution >= 4 is 11.6 Å². The van der Waals surface area contributed by atoms with Crippen LogP contribution in [-0.4, -0.2) is 4.98 Å². The van der Waals surface area contributed by atoms with Crippen LogP contribution in [0.3, 0.4) is 0 Å². The Morgan fingerprint density at radius 1 is 1.24 bits per heavy atom. The molecule has 1 heterocycles. The second-order valence-electron chi connectivity index (χ2n) is 4.09. The maximum absolute atomic E-state index is 6.20. The van der Waals surface area contributed by atoms with Crippen LogP contribution in [-0.2, 0) is 6.42 Å². The molecule has 2 aromatic rings. The molecule has 3 heteroatoms. The van der Waals surface area contributed by atoms with Gasteiger partial charge in [0.05, 0.1) is 0 Å². The highest BCUT2D eigenvalue weighted by molar-refractivity contribution is 6.31. The van der Waals surface area contributed by atoms with Gasteiger partial charge in [0.25, 0.3) is 0 Å². The summed E-state index contributed by atoms with van der Waals surface area (Å²) in [5, 5.41) is 0.763. The lowest BCUT2D eigenvalue weighted by molar-refractivity contribution is 0.702. The van der Waals surface area contributed by atoms with E-state index in [2.05, 4.69) is 4.98 Å². The molecule has 0 amide bonds. The summed E-state index contributed by atoms with van der Waals surface area (Å²) < 4.78 is 0. The maximum atomic E-state index is 6.20. The lowest BCUT2D eigenvalue weighted by Gasteiger charge is -2.15. The zero-order valence-corrected chi connectivity index (χ0v) is 10.5. The molecule has 0 saturated carbocycles. The average Bonchev–Trinajstić information content (AvgIpc) is 2.34. The predicted octanol–water partition coefficient (Wildman–Crippen LogP) is 3.29. The van der Waals surface area contributed by atoms with Crippen LogP contribution in [0.2, 0.25) is 5.02 Å². The molecule has 2 nitrogen and oxygen atoms in total. The van der Waals surface area contributed by atoms with E-state index >= 15 is 0 Å². The van der Waals surface area contributed by atoms with Gasteiger partial charge in [0.2, 0.25) is 0 Å². The van der Waals surface area contributed by atoms with E-state index in [1.54, 1.807) is 6.20 Å². The van der Waals surface area contributed by atoms with Crippen LogP contribution in [0.5, 0.6) is 0 Å². The molecule has 2 N–H and O–H groups in total. The SMILES string of the molecule is Cc1c(Cl)cccc1C(N)Cc1ccccn1. The molecule has 1 aromatic heterocycles. The molecule has 0 radical (unpaired) electrons. The van der Waals surface area contributed by atoms with E-state index in [1.165, 1.54) is 0 Å². The fraction of sp³-hybridized carbons (Fsp3) is 0.214. The van der Waals surface area contributed by atoms with Crippen molar-refractivity contribution in [2.45, 2.75) is 19.4 Å². The molecule has 1 atom stereocenters. The highest BCUT2D eigenvalue weighted by Gasteiger charge is 2.11. The van der Waals surface area contributed by atoms with Crippen molar-refractivity contribution < 1.29 is 0 Å². The highest BCUT2D eigenvalue weighted by atomic mass is 35.5. The minimum absolute atomic E-state index is 0.0661. The van der Waals surface area contributed by atoms with Crippen LogP contribution < -0.4 is 5.73 Å². The van der Waals surface area contributed by atoms with Gasteiger partial charge in [0.15, 0.2) is 0 Å². The predicted molar refractivity (Wildman–Crippen MR) is 71.1 cm³/mol. The Hall–Kier alpha value is -1.38. The summed E-state index contributed by atoms with van der Waals surface area (Å²) in [6, 6.07) is 11.6. The van der Waals surface area contributed by atoms with Gasteiger partial charge in [0, 0.05) is 29.4 Å². The molecule has 0 aliphatic rings. The Labute approximate surface area is 106 Å². The van der Waals surface area contributed by atoms with Gasteiger partial charge in [-0.15, -0.1) is 0 Å². The Kier molecular flexibility index (Phi) is 3.77. The third-order valence-corrected chi connectivity index (χ3v) is 3.27. The summed E-state index contributed by atoms with van der Waals surface area (Å²) in [6.45, 7) is 2.00. The number of nitrogens with two attached hydrogens (primary N) is 1. The van der Waals surface area contributed by atoms with Crippen molar-refractivity contribution in [3.8, 4) is 0 Å². The number of benzene rings is 1. The van der Waals surface area contributed by atoms with E-state index < -0.39 is 0 Å². The first-order valence-electron chi connectivity index (χ1n) is 5.59. The van der Waals surface area contributed by atoms with Gasteiger partial charge in [-0.3, -0.25) is 4.98 Å². The molecule has 1 unspecified atom stereocenters. The summed E-state index contributed by atoms with van der Waals surface area (Å²) in [5.41, 5.74) is 9.34. The summed E-state index contributed by atoms with van der Waals surface area (Å²) in [7, 11) is 0. The minimum Gasteiger partial charge on any atom is -0.324 e. The van der Waals surface area contributed by atoms with Crippen molar-refractivity contribution in [3.63, 3.8) is 0 Å². The first-order valence-corrected chi connectivity index (χ1v) is 5.97. The van der Waals surface area contributed by atoms with E-state index in [0.29, 0.717) is 0 Å². The number of pyridine rings is 1. The third-order valence-electron chi connectivity index (χ3n) is 2.86. The average molecular weight is 247 g/mol. The van der Waals surface area contributed by atoms with Crippen LogP contribution in [0.1, 0.15) is 22.9 Å². The molecule has 0 spiro atoms. The molecule has 17 heavy (non-hydrogen) atoms. The van der Waals surface area contributed by atoms with Crippen LogP contribution in [0.25, 0.3) is 0 Å². The fourth-order valence-corrected chi connectivity index (χ4v) is 2.06. The van der Waals surface area contributed by atoms with E-state index in [4.69, 9.17) is 17.3 Å². The largest absolute Gasteiger partial charge is 0.324 e. The normalized spacial score (nSPS) is 12.4. The standard InChI is InChI=1S/C14H15ClN2/c1-10-12(6-4-7-13(10)15)14(16)9-11-5-2-3-8-17-11/h2-8,14H,9,16H2,1H3. The number of rotatable bonds is 3. The van der Waals surface area contributed by atoms with Crippen LogP contribution in [0.4, 0.5) is 0 Å². The van der Waals surface area contributed by atoms with Gasteiger partial charge in [-0.05, 0) is 36.2 Å². The zero-order chi connectivity index (χ0) is 12.3. The quantitative estimate of drug-likeness (QED) is 0.903. The number of hydrogen-bond acceptors (Lipinski definition) is 2. The zero-order valence-electron chi connectivity index (χ0n) is 9.73. The van der Waals surface area contributed by atoms with E-state index in [9.17, 15) is 0 Å². The van der Waals surface area contributed by atoms with Crippen molar-refractivity contribution in [3.05, 3.63) is 64.4 Å². The van der Waals surface area contributed by atoms with Crippen LogP contribution in [0, 0.1) is 6.92 Å². The number of hydrogen-bond donors (Lipinski definition) is 1. The first kappa shape index (κ1) is 12.1. The topological polar surface area (TPSA) is 38.9 Å². The summed E-state index contributed by atoms with van der Waals surface area (Å²) in [6.07, 6.45) is 2.51. The molecule has 1 aromatic carbocycles. The first-order chi connectivity index (χ1) is 8.18. The maximum Gasteiger partial charge on any atom is 0.0438 e. The Balaban J connectivity index is 2.20. The molecule has 0 bridgehead atoms. The van der Waals surface area contributed by atoms with Crippen LogP contribution in [0.15, 0.2) is 42.6 Å². The van der Waals surface area contributed by atoms with E-state index in [1.807, 2.05) is 43.3 Å². The van der Waals surface area contributed by atoms with Crippen molar-refractivity contribution in [2.24, 2.45) is 5.73 Å².